The van der Waals surface area contributed by atoms with Crippen LogP contribution in [0.2, 0.25) is 0 Å². The fourth-order valence-electron chi connectivity index (χ4n) is 5.30. The number of nitrogens with one attached hydrogen (secondary N) is 1. The normalized spacial score (nSPS) is 18.8. The van der Waals surface area contributed by atoms with E-state index in [4.69, 9.17) is 14.2 Å². The molecule has 0 spiro atoms. The number of phenolic OH excluding ortho intramolecular Hbond substituents is 1. The molecule has 0 bridgehead atoms. The van der Waals surface area contributed by atoms with Gasteiger partial charge in [0, 0.05) is 76.6 Å². The third-order valence-electron chi connectivity index (χ3n) is 7.75. The molecule has 3 aliphatic heterocycles. The van der Waals surface area contributed by atoms with Gasteiger partial charge >= 0.3 is 12.2 Å². The number of carbonyl (C=O) groups excluding carboxylic acids is 4. The van der Waals surface area contributed by atoms with Crippen LogP contribution in [0.5, 0.6) is 11.5 Å². The van der Waals surface area contributed by atoms with E-state index in [1.54, 1.807) is 21.9 Å². The molecule has 2 aromatic rings. The van der Waals surface area contributed by atoms with Gasteiger partial charge in [0.1, 0.15) is 22.7 Å². The van der Waals surface area contributed by atoms with Gasteiger partial charge in [-0.25, -0.2) is 9.59 Å². The molecule has 3 aliphatic rings. The second kappa shape index (κ2) is 15.5. The van der Waals surface area contributed by atoms with Gasteiger partial charge < -0.3 is 38.9 Å². The zero-order valence-electron chi connectivity index (χ0n) is 28.9. The molecule has 0 aliphatic carbocycles. The fraction of sp³-hybridized carbons (Fsp3) is 0.543. The van der Waals surface area contributed by atoms with Crippen LogP contribution in [0.1, 0.15) is 54.4 Å². The Morgan fingerprint density at radius 2 is 1.10 bits per heavy atom. The molecular formula is C35H49N5O8. The lowest BCUT2D eigenvalue weighted by Crippen LogP contribution is -2.50. The quantitative estimate of drug-likeness (QED) is 0.452. The lowest BCUT2D eigenvalue weighted by atomic mass is 10.1. The summed E-state index contributed by atoms with van der Waals surface area (Å²) in [7, 11) is 0. The van der Waals surface area contributed by atoms with Crippen LogP contribution in [0.25, 0.3) is 0 Å². The predicted octanol–water partition coefficient (Wildman–Crippen LogP) is 4.38. The van der Waals surface area contributed by atoms with E-state index < -0.39 is 23.2 Å². The average molecular weight is 668 g/mol. The van der Waals surface area contributed by atoms with Gasteiger partial charge in [0.15, 0.2) is 6.10 Å². The Morgan fingerprint density at radius 1 is 0.688 bits per heavy atom. The second-order valence-corrected chi connectivity index (χ2v) is 14.0. The van der Waals surface area contributed by atoms with E-state index in [1.165, 1.54) is 0 Å². The van der Waals surface area contributed by atoms with Crippen molar-refractivity contribution in [2.45, 2.75) is 71.7 Å². The van der Waals surface area contributed by atoms with Crippen molar-refractivity contribution in [3.8, 4) is 11.5 Å². The number of hydrogen-bond acceptors (Lipinski definition) is 10. The number of imide groups is 1. The van der Waals surface area contributed by atoms with E-state index in [1.807, 2.05) is 77.9 Å². The summed E-state index contributed by atoms with van der Waals surface area (Å²) in [5.41, 5.74) is 1.14. The number of phenols is 1. The molecule has 0 aromatic heterocycles. The smallest absolute Gasteiger partial charge is 0.410 e. The molecule has 3 saturated heterocycles. The molecule has 13 heteroatoms. The Balaban J connectivity index is 0.000000229. The minimum atomic E-state index is -0.638. The van der Waals surface area contributed by atoms with Crippen LogP contribution in [-0.2, 0) is 19.1 Å². The number of piperidine rings is 1. The first-order valence-corrected chi connectivity index (χ1v) is 16.4. The summed E-state index contributed by atoms with van der Waals surface area (Å²) < 4.78 is 16.5. The maximum atomic E-state index is 12.2. The highest BCUT2D eigenvalue weighted by Crippen LogP contribution is 2.24. The summed E-state index contributed by atoms with van der Waals surface area (Å²) in [4.78, 5) is 54.9. The van der Waals surface area contributed by atoms with Crippen LogP contribution in [-0.4, -0.2) is 109 Å². The van der Waals surface area contributed by atoms with Gasteiger partial charge in [0.2, 0.25) is 5.91 Å². The van der Waals surface area contributed by atoms with E-state index in [0.29, 0.717) is 51.4 Å². The van der Waals surface area contributed by atoms with Crippen molar-refractivity contribution >= 4 is 35.4 Å². The van der Waals surface area contributed by atoms with Gasteiger partial charge in [-0.2, -0.15) is 0 Å². The van der Waals surface area contributed by atoms with Gasteiger partial charge in [-0.3, -0.25) is 14.9 Å². The largest absolute Gasteiger partial charge is 0.508 e. The number of amides is 4. The van der Waals surface area contributed by atoms with Crippen molar-refractivity contribution in [1.29, 1.82) is 0 Å². The maximum absolute atomic E-state index is 12.2. The van der Waals surface area contributed by atoms with Crippen molar-refractivity contribution in [2.75, 3.05) is 62.2 Å². The molecule has 262 valence electrons. The minimum Gasteiger partial charge on any atom is -0.508 e. The molecule has 3 fully saturated rings. The predicted molar refractivity (Wildman–Crippen MR) is 181 cm³/mol. The Hall–Kier alpha value is -4.68. The van der Waals surface area contributed by atoms with Gasteiger partial charge in [-0.05, 0) is 90.1 Å². The van der Waals surface area contributed by atoms with Gasteiger partial charge in [-0.1, -0.05) is 0 Å². The summed E-state index contributed by atoms with van der Waals surface area (Å²) in [5, 5.41) is 11.6. The minimum absolute atomic E-state index is 0.247. The van der Waals surface area contributed by atoms with E-state index in [-0.39, 0.29) is 30.3 Å². The first kappa shape index (κ1) is 36.2. The summed E-state index contributed by atoms with van der Waals surface area (Å²) in [6.07, 6.45) is -0.487. The van der Waals surface area contributed by atoms with Gasteiger partial charge in [0.05, 0.1) is 0 Å². The van der Waals surface area contributed by atoms with Crippen LogP contribution in [0.4, 0.5) is 21.0 Å². The topological polar surface area (TPSA) is 141 Å². The van der Waals surface area contributed by atoms with Crippen LogP contribution in [0, 0.1) is 0 Å². The molecular weight excluding hydrogens is 618 g/mol. The van der Waals surface area contributed by atoms with E-state index in [2.05, 4.69) is 15.1 Å². The molecule has 2 N–H and O–H groups in total. The first-order valence-electron chi connectivity index (χ1n) is 16.4. The molecule has 0 saturated carbocycles. The van der Waals surface area contributed by atoms with Crippen molar-refractivity contribution in [2.24, 2.45) is 0 Å². The molecule has 1 atom stereocenters. The molecule has 0 radical (unpaired) electrons. The molecule has 2 aromatic carbocycles. The van der Waals surface area contributed by atoms with E-state index in [0.717, 1.165) is 24.5 Å². The highest BCUT2D eigenvalue weighted by Gasteiger charge is 2.29. The summed E-state index contributed by atoms with van der Waals surface area (Å²) >= 11 is 0. The number of aromatic hydroxyl groups is 1. The Morgan fingerprint density at radius 3 is 1.50 bits per heavy atom. The standard InChI is InChI=1S/C20H27N3O5.C15H22N2O3/c1-20(2,3)28-19(26)23-12-10-22(11-13-23)14-4-6-15(7-5-14)27-16-8-9-17(24)21-18(16)25;1-15(2,3)20-14(19)17-10-8-16(9-11-17)12-4-6-13(18)7-5-12/h4-7,16H,8-13H2,1-3H3,(H,21,24,25);4-7,18H,8-11H2,1-3H3/t16-;/m1./s1. The number of benzene rings is 2. The van der Waals surface area contributed by atoms with Crippen LogP contribution < -0.4 is 19.9 Å². The number of carbonyl (C=O) groups is 4. The van der Waals surface area contributed by atoms with Crippen LogP contribution in [0.15, 0.2) is 48.5 Å². The zero-order valence-corrected chi connectivity index (χ0v) is 28.9. The number of nitrogens with zero attached hydrogens (tertiary/aromatic N) is 4. The van der Waals surface area contributed by atoms with Crippen molar-refractivity contribution in [3.63, 3.8) is 0 Å². The highest BCUT2D eigenvalue weighted by molar-refractivity contribution is 5.99. The molecule has 5 rings (SSSR count). The zero-order chi connectivity index (χ0) is 35.1. The third kappa shape index (κ3) is 11.0. The molecule has 3 heterocycles. The summed E-state index contributed by atoms with van der Waals surface area (Å²) in [6, 6.07) is 14.6. The molecule has 4 amide bonds. The number of hydrogen-bond donors (Lipinski definition) is 2. The Bertz CT molecular complexity index is 1400. The van der Waals surface area contributed by atoms with E-state index in [9.17, 15) is 24.3 Å². The summed E-state index contributed by atoms with van der Waals surface area (Å²) in [5.74, 6) is 0.205. The second-order valence-electron chi connectivity index (χ2n) is 14.0. The van der Waals surface area contributed by atoms with Crippen LogP contribution >= 0.6 is 0 Å². The Kier molecular flexibility index (Phi) is 11.7. The average Bonchev–Trinajstić information content (AvgIpc) is 3.02. The molecule has 13 nitrogen and oxygen atoms in total. The molecule has 0 unspecified atom stereocenters. The lowest BCUT2D eigenvalue weighted by Gasteiger charge is -2.36. The number of anilines is 2. The summed E-state index contributed by atoms with van der Waals surface area (Å²) in [6.45, 7) is 16.7. The first-order chi connectivity index (χ1) is 22.6. The number of rotatable bonds is 4. The third-order valence-corrected chi connectivity index (χ3v) is 7.75. The van der Waals surface area contributed by atoms with Crippen molar-refractivity contribution < 1.29 is 38.5 Å². The Labute approximate surface area is 282 Å². The number of piperazine rings is 2. The van der Waals surface area contributed by atoms with Crippen LogP contribution in [0.3, 0.4) is 0 Å². The highest BCUT2D eigenvalue weighted by atomic mass is 16.6. The van der Waals surface area contributed by atoms with Crippen molar-refractivity contribution in [1.82, 2.24) is 15.1 Å². The van der Waals surface area contributed by atoms with Crippen molar-refractivity contribution in [3.05, 3.63) is 48.5 Å². The van der Waals surface area contributed by atoms with Gasteiger partial charge in [-0.15, -0.1) is 0 Å². The lowest BCUT2D eigenvalue weighted by molar-refractivity contribution is -0.138. The van der Waals surface area contributed by atoms with E-state index >= 15 is 0 Å². The van der Waals surface area contributed by atoms with Gasteiger partial charge in [0.25, 0.3) is 5.91 Å². The maximum Gasteiger partial charge on any atom is 0.410 e. The monoisotopic (exact) mass is 667 g/mol. The fourth-order valence-corrected chi connectivity index (χ4v) is 5.30. The number of ether oxygens (including phenoxy) is 3. The molecule has 48 heavy (non-hydrogen) atoms. The SMILES string of the molecule is CC(C)(C)OC(=O)N1CCN(c2ccc(O)cc2)CC1.CC(C)(C)OC(=O)N1CCN(c2ccc(O[C@@H]3CCC(=O)NC3=O)cc2)CC1.